The van der Waals surface area contributed by atoms with Crippen LogP contribution in [0.1, 0.15) is 35.6 Å². The molecule has 0 radical (unpaired) electrons. The van der Waals surface area contributed by atoms with Crippen molar-refractivity contribution in [3.63, 3.8) is 0 Å². The molecule has 2 unspecified atom stereocenters. The van der Waals surface area contributed by atoms with Crippen LogP contribution in [-0.4, -0.2) is 49.8 Å². The Morgan fingerprint density at radius 1 is 1.05 bits per heavy atom. The highest BCUT2D eigenvalue weighted by molar-refractivity contribution is 6.16. The van der Waals surface area contributed by atoms with E-state index in [1.165, 1.54) is 21.3 Å². The number of fused-ring (bicyclic) bond motifs is 2. The summed E-state index contributed by atoms with van der Waals surface area (Å²) in [5, 5.41) is 0. The third-order valence-electron chi connectivity index (χ3n) is 7.30. The zero-order valence-electron chi connectivity index (χ0n) is 20.8. The van der Waals surface area contributed by atoms with Gasteiger partial charge in [-0.2, -0.15) is 27.4 Å². The van der Waals surface area contributed by atoms with E-state index in [-0.39, 0.29) is 35.3 Å². The smallest absolute Gasteiger partial charge is 0.468 e. The number of carbonyl (C=O) groups is 3. The molecule has 1 aliphatic heterocycles. The van der Waals surface area contributed by atoms with Gasteiger partial charge in [0, 0.05) is 25.7 Å². The Labute approximate surface area is 214 Å². The van der Waals surface area contributed by atoms with E-state index < -0.39 is 41.6 Å². The van der Waals surface area contributed by atoms with E-state index in [0.717, 1.165) is 28.9 Å². The normalized spacial score (nSPS) is 19.9. The Morgan fingerprint density at radius 2 is 1.76 bits per heavy atom. The summed E-state index contributed by atoms with van der Waals surface area (Å²) in [5.74, 6) is -3.28. The van der Waals surface area contributed by atoms with Crippen LogP contribution >= 0.6 is 0 Å². The summed E-state index contributed by atoms with van der Waals surface area (Å²) in [5.41, 5.74) is 0.549. The highest BCUT2D eigenvalue weighted by atomic mass is 19.4. The molecule has 0 N–H and O–H groups in total. The van der Waals surface area contributed by atoms with Crippen LogP contribution in [-0.2, 0) is 41.0 Å². The molecule has 3 aromatic rings. The highest BCUT2D eigenvalue weighted by Crippen LogP contribution is 2.42. The molecule has 38 heavy (non-hydrogen) atoms. The van der Waals surface area contributed by atoms with E-state index in [2.05, 4.69) is 0 Å². The van der Waals surface area contributed by atoms with Crippen molar-refractivity contribution < 1.29 is 36.9 Å². The Balaban J connectivity index is 1.66. The van der Waals surface area contributed by atoms with Crippen LogP contribution < -0.4 is 5.69 Å². The number of rotatable bonds is 3. The van der Waals surface area contributed by atoms with Crippen molar-refractivity contribution in [1.82, 2.24) is 14.0 Å². The van der Waals surface area contributed by atoms with Crippen molar-refractivity contribution in [1.29, 1.82) is 0 Å². The highest BCUT2D eigenvalue weighted by Gasteiger charge is 2.52. The second kappa shape index (κ2) is 8.96. The molecule has 1 aliphatic carbocycles. The minimum absolute atomic E-state index is 0.0354. The van der Waals surface area contributed by atoms with Crippen molar-refractivity contribution in [2.45, 2.75) is 31.5 Å². The fourth-order valence-corrected chi connectivity index (χ4v) is 5.41. The molecule has 9 nitrogen and oxygen atoms in total. The number of amides is 3. The van der Waals surface area contributed by atoms with Gasteiger partial charge in [-0.15, -0.1) is 0 Å². The minimum Gasteiger partial charge on any atom is -0.468 e. The van der Waals surface area contributed by atoms with Gasteiger partial charge in [0.2, 0.25) is 5.92 Å². The molecular formula is C26H24F3N4O5+. The number of nitrogens with zero attached hydrogens (tertiary/aromatic N) is 4. The number of methoxy groups -OCH3 is 1. The molecular weight excluding hydrogens is 505 g/mol. The van der Waals surface area contributed by atoms with Gasteiger partial charge in [0.15, 0.2) is 0 Å². The summed E-state index contributed by atoms with van der Waals surface area (Å²) in [6, 6.07) is 6.67. The van der Waals surface area contributed by atoms with Crippen molar-refractivity contribution in [2.75, 3.05) is 7.11 Å². The molecule has 2 atom stereocenters. The number of aryl methyl sites for hydroxylation is 2. The third kappa shape index (κ3) is 3.82. The molecule has 3 amide bonds. The number of urea groups is 1. The maximum Gasteiger partial charge on any atom is 0.506 e. The fraction of sp³-hybridized carbons (Fsp3) is 0.346. The number of hydrogen-bond donors (Lipinski definition) is 0. The van der Waals surface area contributed by atoms with Crippen LogP contribution in [0.15, 0.2) is 41.2 Å². The molecule has 12 heteroatoms. The van der Waals surface area contributed by atoms with E-state index in [4.69, 9.17) is 4.74 Å². The van der Waals surface area contributed by atoms with Gasteiger partial charge in [-0.1, -0.05) is 12.1 Å². The van der Waals surface area contributed by atoms with Gasteiger partial charge in [0.05, 0.1) is 23.7 Å². The number of imidazole rings is 1. The van der Waals surface area contributed by atoms with Gasteiger partial charge in [-0.25, -0.2) is 9.59 Å². The number of ether oxygens (including phenoxy) is 1. The first-order chi connectivity index (χ1) is 18.0. The number of benzene rings is 2. The second-order valence-electron chi connectivity index (χ2n) is 9.36. The zero-order valence-corrected chi connectivity index (χ0v) is 20.8. The molecule has 2 aliphatic rings. The summed E-state index contributed by atoms with van der Waals surface area (Å²) in [4.78, 5) is 53.2. The first-order valence-corrected chi connectivity index (χ1v) is 11.9. The predicted octanol–water partition coefficient (Wildman–Crippen LogP) is 3.44. The first kappa shape index (κ1) is 25.4. The Hall–Kier alpha value is -4.22. The number of imide groups is 1. The molecule has 2 heterocycles. The summed E-state index contributed by atoms with van der Waals surface area (Å²) >= 11 is 0. The third-order valence-corrected chi connectivity index (χ3v) is 7.30. The molecule has 198 valence electrons. The number of halogens is 3. The van der Waals surface area contributed by atoms with Crippen molar-refractivity contribution in [3.8, 4) is 0 Å². The van der Waals surface area contributed by atoms with Gasteiger partial charge >= 0.3 is 29.8 Å². The summed E-state index contributed by atoms with van der Waals surface area (Å²) in [6.45, 7) is 0. The quantitative estimate of drug-likeness (QED) is 0.295. The number of alkyl halides is 3. The minimum atomic E-state index is -4.60. The Morgan fingerprint density at radius 3 is 2.45 bits per heavy atom. The molecule has 2 aromatic carbocycles. The van der Waals surface area contributed by atoms with Gasteiger partial charge < -0.3 is 4.74 Å². The van der Waals surface area contributed by atoms with E-state index >= 15 is 0 Å². The van der Waals surface area contributed by atoms with Gasteiger partial charge in [-0.3, -0.25) is 13.9 Å². The fourth-order valence-electron chi connectivity index (χ4n) is 5.41. The maximum absolute atomic E-state index is 13.8. The molecule has 1 aromatic heterocycles. The lowest BCUT2D eigenvalue weighted by atomic mass is 9.83. The average Bonchev–Trinajstić information content (AvgIpc) is 3.11. The first-order valence-electron chi connectivity index (χ1n) is 11.9. The lowest BCUT2D eigenvalue weighted by Crippen LogP contribution is -2.54. The van der Waals surface area contributed by atoms with Crippen LogP contribution in [0.2, 0.25) is 0 Å². The molecule has 0 fully saturated rings. The molecule has 0 bridgehead atoms. The van der Waals surface area contributed by atoms with E-state index in [0.29, 0.717) is 17.5 Å². The van der Waals surface area contributed by atoms with Gasteiger partial charge in [-0.05, 0) is 43.0 Å². The lowest BCUT2D eigenvalue weighted by Gasteiger charge is -2.33. The SMILES string of the molecule is COC(=O)C1C=[N+](c2ccc3c(c2)n(C)c(=O)n3C)C(=O)N(C2CCCc3c2cccc3C(F)(F)F)C1=O. The molecule has 0 spiro atoms. The largest absolute Gasteiger partial charge is 0.506 e. The topological polar surface area (TPSA) is 93.6 Å². The lowest BCUT2D eigenvalue weighted by molar-refractivity contribution is -0.346. The van der Waals surface area contributed by atoms with Crippen molar-refractivity contribution >= 4 is 40.8 Å². The zero-order chi connectivity index (χ0) is 27.5. The van der Waals surface area contributed by atoms with Crippen molar-refractivity contribution in [2.24, 2.45) is 20.0 Å². The summed E-state index contributed by atoms with van der Waals surface area (Å²) in [7, 11) is 4.28. The number of esters is 1. The monoisotopic (exact) mass is 529 g/mol. The summed E-state index contributed by atoms with van der Waals surface area (Å²) in [6.07, 6.45) is -2.76. The van der Waals surface area contributed by atoms with Crippen LogP contribution in [0.4, 0.5) is 23.7 Å². The van der Waals surface area contributed by atoms with Crippen molar-refractivity contribution in [3.05, 3.63) is 63.6 Å². The van der Waals surface area contributed by atoms with Gasteiger partial charge in [0.1, 0.15) is 17.9 Å². The van der Waals surface area contributed by atoms with E-state index in [1.807, 2.05) is 0 Å². The van der Waals surface area contributed by atoms with Crippen LogP contribution in [0, 0.1) is 5.92 Å². The molecule has 5 rings (SSSR count). The summed E-state index contributed by atoms with van der Waals surface area (Å²) < 4.78 is 50.0. The number of aromatic nitrogens is 2. The Kier molecular flexibility index (Phi) is 6.00. The second-order valence-corrected chi connectivity index (χ2v) is 9.36. The van der Waals surface area contributed by atoms with Gasteiger partial charge in [0.25, 0.3) is 0 Å². The van der Waals surface area contributed by atoms with E-state index in [1.54, 1.807) is 32.3 Å². The standard InChI is InChI=1S/C26H24F3N4O5/c1-30-20-11-10-14(12-21(20)31(2)24(30)36)32-13-17(23(35)38-3)22(34)33(25(32)37)19-9-5-6-15-16(19)7-4-8-18(15)26(27,28)29/h4,7-8,10-13,17,19H,5-6,9H2,1-3H3/q+1. The maximum atomic E-state index is 13.8. The Bertz CT molecular complexity index is 1600. The van der Waals surface area contributed by atoms with Crippen LogP contribution in [0.25, 0.3) is 11.0 Å². The predicted molar refractivity (Wildman–Crippen MR) is 129 cm³/mol. The molecule has 0 saturated carbocycles. The number of carbonyl (C=O) groups excluding carboxylic acids is 3. The number of hydrogen-bond acceptors (Lipinski definition) is 5. The average molecular weight is 529 g/mol. The van der Waals surface area contributed by atoms with E-state index in [9.17, 15) is 32.3 Å². The molecule has 0 saturated heterocycles. The van der Waals surface area contributed by atoms with Crippen LogP contribution in [0.5, 0.6) is 0 Å². The van der Waals surface area contributed by atoms with Crippen LogP contribution in [0.3, 0.4) is 0 Å².